The van der Waals surface area contributed by atoms with Crippen molar-refractivity contribution >= 4 is 16.8 Å². The van der Waals surface area contributed by atoms with E-state index in [0.29, 0.717) is 18.8 Å². The largest absolute Gasteiger partial charge is 0.337 e. The summed E-state index contributed by atoms with van der Waals surface area (Å²) < 4.78 is 11.7. The second kappa shape index (κ2) is 8.29. The number of likely N-dealkylation sites (tertiary alicyclic amines) is 1. The molecule has 0 aromatic rings. The predicted molar refractivity (Wildman–Crippen MR) is 93.7 cm³/mol. The topological polar surface area (TPSA) is 61.4 Å². The van der Waals surface area contributed by atoms with Gasteiger partial charge in [-0.1, -0.05) is 6.42 Å². The maximum absolute atomic E-state index is 11.9. The van der Waals surface area contributed by atoms with Crippen molar-refractivity contribution in [1.29, 1.82) is 0 Å². The van der Waals surface area contributed by atoms with Crippen LogP contribution in [0.4, 0.5) is 4.79 Å². The Hall–Kier alpha value is -0.620. The van der Waals surface area contributed by atoms with Crippen LogP contribution in [0.1, 0.15) is 53.9 Å². The molecule has 1 heterocycles. The van der Waals surface area contributed by atoms with E-state index in [9.17, 15) is 9.00 Å². The highest BCUT2D eigenvalue weighted by molar-refractivity contribution is 7.86. The number of nitrogens with zero attached hydrogens (tertiary/aromatic N) is 1. The van der Waals surface area contributed by atoms with Crippen LogP contribution < -0.4 is 10.6 Å². The molecule has 22 heavy (non-hydrogen) atoms. The van der Waals surface area contributed by atoms with Gasteiger partial charge in [0.25, 0.3) is 0 Å². The summed E-state index contributed by atoms with van der Waals surface area (Å²) in [4.78, 5) is 14.3. The number of nitrogens with one attached hydrogen (secondary N) is 2. The van der Waals surface area contributed by atoms with Crippen LogP contribution in [0.3, 0.4) is 0 Å². The van der Waals surface area contributed by atoms with Gasteiger partial charge < -0.3 is 10.6 Å². The lowest BCUT2D eigenvalue weighted by Crippen LogP contribution is -2.54. The van der Waals surface area contributed by atoms with E-state index in [4.69, 9.17) is 0 Å². The van der Waals surface area contributed by atoms with Gasteiger partial charge in [0.15, 0.2) is 0 Å². The molecule has 0 saturated carbocycles. The molecule has 1 atom stereocenters. The van der Waals surface area contributed by atoms with Gasteiger partial charge in [0.1, 0.15) is 0 Å². The Morgan fingerprint density at radius 1 is 1.05 bits per heavy atom. The average Bonchev–Trinajstić information content (AvgIpc) is 2.45. The molecule has 1 unspecified atom stereocenters. The zero-order chi connectivity index (χ0) is 16.8. The van der Waals surface area contributed by atoms with E-state index in [2.05, 4.69) is 29.4 Å². The molecule has 1 saturated heterocycles. The Balaban J connectivity index is 2.26. The molecule has 0 aromatic heterocycles. The number of amides is 2. The number of hydrogen-bond donors (Lipinski definition) is 2. The quantitative estimate of drug-likeness (QED) is 0.783. The molecule has 0 bridgehead atoms. The lowest BCUT2D eigenvalue weighted by Gasteiger charge is -2.41. The van der Waals surface area contributed by atoms with Crippen LogP contribution in [0, 0.1) is 0 Å². The maximum Gasteiger partial charge on any atom is 0.314 e. The zero-order valence-corrected chi connectivity index (χ0v) is 15.6. The Bertz CT molecular complexity index is 385. The van der Waals surface area contributed by atoms with Gasteiger partial charge >= 0.3 is 6.03 Å². The van der Waals surface area contributed by atoms with Crippen molar-refractivity contribution in [1.82, 2.24) is 15.5 Å². The summed E-state index contributed by atoms with van der Waals surface area (Å²) in [5, 5.41) is 5.74. The summed E-state index contributed by atoms with van der Waals surface area (Å²) in [6.45, 7) is 13.5. The van der Waals surface area contributed by atoms with Crippen molar-refractivity contribution in [3.63, 3.8) is 0 Å². The number of piperidine rings is 1. The molecule has 1 aliphatic heterocycles. The summed E-state index contributed by atoms with van der Waals surface area (Å²) in [5.41, 5.74) is -0.0218. The standard InChI is InChI=1S/C16H33N3O2S/c1-15(2,3)22(21)12-9-17-14(20)18-13-16(4,5)19-10-7-6-8-11-19/h6-13H2,1-5H3,(H2,17,18,20). The second-order valence-electron chi connectivity index (χ2n) is 7.63. The SMILES string of the molecule is CC(C)(CNC(=O)NCCS(=O)C(C)(C)C)N1CCCCC1. The lowest BCUT2D eigenvalue weighted by molar-refractivity contribution is 0.0960. The van der Waals surface area contributed by atoms with Crippen LogP contribution in [0.5, 0.6) is 0 Å². The molecule has 2 N–H and O–H groups in total. The van der Waals surface area contributed by atoms with E-state index in [1.54, 1.807) is 0 Å². The van der Waals surface area contributed by atoms with Crippen LogP contribution >= 0.6 is 0 Å². The summed E-state index contributed by atoms with van der Waals surface area (Å²) >= 11 is 0. The Morgan fingerprint density at radius 2 is 1.64 bits per heavy atom. The van der Waals surface area contributed by atoms with Crippen molar-refractivity contribution in [2.75, 3.05) is 31.9 Å². The first kappa shape index (κ1) is 19.4. The van der Waals surface area contributed by atoms with Crippen LogP contribution in [0.2, 0.25) is 0 Å². The Morgan fingerprint density at radius 3 is 2.18 bits per heavy atom. The van der Waals surface area contributed by atoms with Gasteiger partial charge in [0.05, 0.1) is 0 Å². The molecule has 130 valence electrons. The fourth-order valence-electron chi connectivity index (χ4n) is 2.53. The second-order valence-corrected chi connectivity index (χ2v) is 9.96. The Kier molecular flexibility index (Phi) is 7.32. The van der Waals surface area contributed by atoms with E-state index in [1.807, 2.05) is 20.8 Å². The minimum atomic E-state index is -0.929. The van der Waals surface area contributed by atoms with Gasteiger partial charge in [-0.2, -0.15) is 0 Å². The molecule has 0 aromatic carbocycles. The van der Waals surface area contributed by atoms with Crippen molar-refractivity contribution in [2.45, 2.75) is 64.2 Å². The van der Waals surface area contributed by atoms with Crippen LogP contribution in [-0.2, 0) is 10.8 Å². The predicted octanol–water partition coefficient (Wildman–Crippen LogP) is 2.10. The minimum Gasteiger partial charge on any atom is -0.337 e. The third kappa shape index (κ3) is 6.65. The molecule has 1 fully saturated rings. The molecular weight excluding hydrogens is 298 g/mol. The van der Waals surface area contributed by atoms with Crippen molar-refractivity contribution in [2.24, 2.45) is 0 Å². The molecule has 1 aliphatic rings. The van der Waals surface area contributed by atoms with Gasteiger partial charge in [-0.05, 0) is 60.5 Å². The van der Waals surface area contributed by atoms with Crippen molar-refractivity contribution in [3.05, 3.63) is 0 Å². The number of rotatable bonds is 6. The van der Waals surface area contributed by atoms with Gasteiger partial charge in [-0.15, -0.1) is 0 Å². The van der Waals surface area contributed by atoms with Crippen molar-refractivity contribution in [3.8, 4) is 0 Å². The number of urea groups is 1. The number of carbonyl (C=O) groups excluding carboxylic acids is 1. The van der Waals surface area contributed by atoms with Gasteiger partial charge in [0.2, 0.25) is 0 Å². The highest BCUT2D eigenvalue weighted by Gasteiger charge is 2.28. The molecule has 1 rings (SSSR count). The highest BCUT2D eigenvalue weighted by Crippen LogP contribution is 2.19. The molecule has 6 heteroatoms. The molecule has 5 nitrogen and oxygen atoms in total. The molecule has 0 radical (unpaired) electrons. The van der Waals surface area contributed by atoms with E-state index < -0.39 is 10.8 Å². The third-order valence-corrected chi connectivity index (χ3v) is 6.09. The first-order chi connectivity index (χ1) is 10.1. The van der Waals surface area contributed by atoms with Crippen LogP contribution in [0.25, 0.3) is 0 Å². The summed E-state index contributed by atoms with van der Waals surface area (Å²) in [6, 6.07) is -0.170. The number of carbonyl (C=O) groups is 1. The van der Waals surface area contributed by atoms with E-state index in [1.165, 1.54) is 19.3 Å². The third-order valence-electron chi connectivity index (χ3n) is 4.15. The minimum absolute atomic E-state index is 0.0218. The van der Waals surface area contributed by atoms with Crippen molar-refractivity contribution < 1.29 is 9.00 Å². The van der Waals surface area contributed by atoms with E-state index >= 15 is 0 Å². The molecule has 2 amide bonds. The molecular formula is C16H33N3O2S. The zero-order valence-electron chi connectivity index (χ0n) is 14.8. The summed E-state index contributed by atoms with van der Waals surface area (Å²) in [5.74, 6) is 0.492. The van der Waals surface area contributed by atoms with Crippen LogP contribution in [0.15, 0.2) is 0 Å². The molecule has 0 aliphatic carbocycles. The smallest absolute Gasteiger partial charge is 0.314 e. The first-order valence-electron chi connectivity index (χ1n) is 8.28. The van der Waals surface area contributed by atoms with Gasteiger partial charge in [-0.3, -0.25) is 9.11 Å². The highest BCUT2D eigenvalue weighted by atomic mass is 32.2. The summed E-state index contributed by atoms with van der Waals surface area (Å²) in [6.07, 6.45) is 3.80. The van der Waals surface area contributed by atoms with E-state index in [0.717, 1.165) is 13.1 Å². The lowest BCUT2D eigenvalue weighted by atomic mass is 9.98. The fourth-order valence-corrected chi connectivity index (χ4v) is 3.43. The first-order valence-corrected chi connectivity index (χ1v) is 9.60. The van der Waals surface area contributed by atoms with Crippen LogP contribution in [-0.4, -0.2) is 57.4 Å². The monoisotopic (exact) mass is 331 g/mol. The number of hydrogen-bond acceptors (Lipinski definition) is 3. The Labute approximate surface area is 138 Å². The average molecular weight is 332 g/mol. The van der Waals surface area contributed by atoms with E-state index in [-0.39, 0.29) is 16.3 Å². The fraction of sp³-hybridized carbons (Fsp3) is 0.938. The normalized spacial score (nSPS) is 18.8. The van der Waals surface area contributed by atoms with Gasteiger partial charge in [-0.25, -0.2) is 4.79 Å². The maximum atomic E-state index is 11.9. The molecule has 0 spiro atoms. The van der Waals surface area contributed by atoms with Gasteiger partial charge in [0, 0.05) is 39.9 Å². The summed E-state index contributed by atoms with van der Waals surface area (Å²) in [7, 11) is -0.929.